The molecule has 2 aromatic heterocycles. The van der Waals surface area contributed by atoms with Gasteiger partial charge in [0.1, 0.15) is 0 Å². The van der Waals surface area contributed by atoms with Gasteiger partial charge in [-0.1, -0.05) is 44.2 Å². The van der Waals surface area contributed by atoms with E-state index in [1.165, 1.54) is 9.13 Å². The second-order valence-electron chi connectivity index (χ2n) is 6.66. The molecule has 0 spiro atoms. The van der Waals surface area contributed by atoms with Crippen molar-refractivity contribution < 1.29 is 0 Å². The van der Waals surface area contributed by atoms with E-state index in [1.807, 2.05) is 30.3 Å². The molecule has 0 amide bonds. The molecule has 1 N–H and O–H groups in total. The van der Waals surface area contributed by atoms with Gasteiger partial charge in [0.05, 0.1) is 6.54 Å². The van der Waals surface area contributed by atoms with E-state index in [0.29, 0.717) is 23.0 Å². The number of nitrogens with one attached hydrogen (secondary N) is 1. The van der Waals surface area contributed by atoms with Gasteiger partial charge >= 0.3 is 5.69 Å². The van der Waals surface area contributed by atoms with E-state index in [4.69, 9.17) is 0 Å². The molecule has 0 aliphatic rings. The van der Waals surface area contributed by atoms with Gasteiger partial charge in [-0.05, 0) is 11.5 Å². The summed E-state index contributed by atoms with van der Waals surface area (Å²) >= 11 is 0. The van der Waals surface area contributed by atoms with Gasteiger partial charge in [-0.15, -0.1) is 0 Å². The fourth-order valence-electron chi connectivity index (χ4n) is 2.80. The highest BCUT2D eigenvalue weighted by Crippen LogP contribution is 2.14. The van der Waals surface area contributed by atoms with Gasteiger partial charge in [-0.2, -0.15) is 4.98 Å². The Morgan fingerprint density at radius 2 is 1.76 bits per heavy atom. The second kappa shape index (κ2) is 6.58. The standard InChI is InChI=1S/C18H23N5O2/c1-12(2)10-19-17-20-15-14(21(17)3)16(24)23(18(25)22(15)4)11-13-8-6-5-7-9-13/h5-9,12H,10-11H2,1-4H3,(H,19,20). The minimum Gasteiger partial charge on any atom is -0.355 e. The molecule has 0 fully saturated rings. The highest BCUT2D eigenvalue weighted by Gasteiger charge is 2.18. The molecule has 132 valence electrons. The number of nitrogens with zero attached hydrogens (tertiary/aromatic N) is 4. The lowest BCUT2D eigenvalue weighted by Crippen LogP contribution is -2.39. The van der Waals surface area contributed by atoms with E-state index < -0.39 is 0 Å². The van der Waals surface area contributed by atoms with Gasteiger partial charge in [-0.25, -0.2) is 4.79 Å². The predicted molar refractivity (Wildman–Crippen MR) is 99.1 cm³/mol. The van der Waals surface area contributed by atoms with E-state index in [-0.39, 0.29) is 17.8 Å². The molecule has 3 aromatic rings. The molecule has 7 heteroatoms. The Labute approximate surface area is 145 Å². The molecule has 0 bridgehead atoms. The molecule has 3 rings (SSSR count). The molecule has 0 aliphatic heterocycles. The lowest BCUT2D eigenvalue weighted by Gasteiger charge is -2.09. The van der Waals surface area contributed by atoms with E-state index in [0.717, 1.165) is 12.1 Å². The number of imidazole rings is 1. The van der Waals surface area contributed by atoms with Crippen LogP contribution in [0.2, 0.25) is 0 Å². The highest BCUT2D eigenvalue weighted by molar-refractivity contribution is 5.74. The molecule has 0 unspecified atom stereocenters. The number of hydrogen-bond acceptors (Lipinski definition) is 4. The fraction of sp³-hybridized carbons (Fsp3) is 0.389. The fourth-order valence-corrected chi connectivity index (χ4v) is 2.80. The number of aromatic nitrogens is 4. The van der Waals surface area contributed by atoms with Gasteiger partial charge in [0, 0.05) is 20.6 Å². The van der Waals surface area contributed by atoms with Crippen LogP contribution in [0.4, 0.5) is 5.95 Å². The van der Waals surface area contributed by atoms with Gasteiger partial charge < -0.3 is 9.88 Å². The number of anilines is 1. The minimum atomic E-state index is -0.366. The van der Waals surface area contributed by atoms with E-state index in [1.54, 1.807) is 18.7 Å². The lowest BCUT2D eigenvalue weighted by atomic mass is 10.2. The molecule has 25 heavy (non-hydrogen) atoms. The summed E-state index contributed by atoms with van der Waals surface area (Å²) < 4.78 is 4.41. The molecule has 0 atom stereocenters. The van der Waals surface area contributed by atoms with Crippen molar-refractivity contribution in [3.63, 3.8) is 0 Å². The maximum atomic E-state index is 12.9. The predicted octanol–water partition coefficient (Wildman–Crippen LogP) is 1.55. The summed E-state index contributed by atoms with van der Waals surface area (Å²) in [5.41, 5.74) is 1.03. The average molecular weight is 341 g/mol. The first-order valence-corrected chi connectivity index (χ1v) is 8.34. The molecular weight excluding hydrogens is 318 g/mol. The first-order valence-electron chi connectivity index (χ1n) is 8.34. The van der Waals surface area contributed by atoms with E-state index >= 15 is 0 Å². The van der Waals surface area contributed by atoms with Crippen molar-refractivity contribution in [2.45, 2.75) is 20.4 Å². The van der Waals surface area contributed by atoms with Crippen LogP contribution in [-0.4, -0.2) is 25.2 Å². The molecule has 1 aromatic carbocycles. The zero-order valence-corrected chi connectivity index (χ0v) is 15.0. The Hall–Kier alpha value is -2.83. The van der Waals surface area contributed by atoms with Crippen molar-refractivity contribution in [3.8, 4) is 0 Å². The highest BCUT2D eigenvalue weighted by atomic mass is 16.2. The molecule has 0 aliphatic carbocycles. The SMILES string of the molecule is CC(C)CNc1nc2c(c(=O)n(Cc3ccccc3)c(=O)n2C)n1C. The third-order valence-corrected chi connectivity index (χ3v) is 4.21. The first kappa shape index (κ1) is 17.0. The second-order valence-corrected chi connectivity index (χ2v) is 6.66. The number of aryl methyl sites for hydroxylation is 2. The maximum Gasteiger partial charge on any atom is 0.332 e. The van der Waals surface area contributed by atoms with Crippen molar-refractivity contribution >= 4 is 17.1 Å². The van der Waals surface area contributed by atoms with Crippen LogP contribution in [0, 0.1) is 5.92 Å². The summed E-state index contributed by atoms with van der Waals surface area (Å²) in [5.74, 6) is 1.03. The first-order chi connectivity index (χ1) is 11.9. The maximum absolute atomic E-state index is 12.9. The molecule has 2 heterocycles. The van der Waals surface area contributed by atoms with Crippen molar-refractivity contribution in [1.29, 1.82) is 0 Å². The topological polar surface area (TPSA) is 73.8 Å². The largest absolute Gasteiger partial charge is 0.355 e. The minimum absolute atomic E-state index is 0.238. The van der Waals surface area contributed by atoms with Gasteiger partial charge in [-0.3, -0.25) is 13.9 Å². The van der Waals surface area contributed by atoms with Gasteiger partial charge in [0.25, 0.3) is 5.56 Å². The zero-order chi connectivity index (χ0) is 18.1. The quantitative estimate of drug-likeness (QED) is 0.764. The van der Waals surface area contributed by atoms with Crippen LogP contribution in [0.25, 0.3) is 11.2 Å². The van der Waals surface area contributed by atoms with Crippen LogP contribution >= 0.6 is 0 Å². The zero-order valence-electron chi connectivity index (χ0n) is 15.0. The molecule has 0 saturated carbocycles. The summed E-state index contributed by atoms with van der Waals surface area (Å²) in [6.07, 6.45) is 0. The Kier molecular flexibility index (Phi) is 4.48. The summed E-state index contributed by atoms with van der Waals surface area (Å²) in [6.45, 7) is 5.17. The van der Waals surface area contributed by atoms with Crippen LogP contribution in [0.1, 0.15) is 19.4 Å². The van der Waals surface area contributed by atoms with Crippen LogP contribution in [-0.2, 0) is 20.6 Å². The van der Waals surface area contributed by atoms with Crippen LogP contribution in [0.15, 0.2) is 39.9 Å². The third-order valence-electron chi connectivity index (χ3n) is 4.21. The number of rotatable bonds is 5. The van der Waals surface area contributed by atoms with Crippen molar-refractivity contribution in [2.75, 3.05) is 11.9 Å². The molecule has 0 saturated heterocycles. The van der Waals surface area contributed by atoms with Crippen LogP contribution in [0.5, 0.6) is 0 Å². The van der Waals surface area contributed by atoms with E-state index in [2.05, 4.69) is 24.1 Å². The Morgan fingerprint density at radius 1 is 1.08 bits per heavy atom. The summed E-state index contributed by atoms with van der Waals surface area (Å²) in [4.78, 5) is 30.0. The Bertz CT molecular complexity index is 1010. The number of benzene rings is 1. The van der Waals surface area contributed by atoms with Crippen molar-refractivity contribution in [3.05, 3.63) is 56.7 Å². The summed E-state index contributed by atoms with van der Waals surface area (Å²) in [5, 5.41) is 3.23. The van der Waals surface area contributed by atoms with Crippen LogP contribution < -0.4 is 16.6 Å². The van der Waals surface area contributed by atoms with E-state index in [9.17, 15) is 9.59 Å². The van der Waals surface area contributed by atoms with Crippen LogP contribution in [0.3, 0.4) is 0 Å². The van der Waals surface area contributed by atoms with Crippen molar-refractivity contribution in [2.24, 2.45) is 20.0 Å². The Balaban J connectivity index is 2.15. The third kappa shape index (κ3) is 3.09. The monoisotopic (exact) mass is 341 g/mol. The average Bonchev–Trinajstić information content (AvgIpc) is 2.93. The number of fused-ring (bicyclic) bond motifs is 1. The number of hydrogen-bond donors (Lipinski definition) is 1. The summed E-state index contributed by atoms with van der Waals surface area (Å²) in [6, 6.07) is 9.48. The normalized spacial score (nSPS) is 11.4. The summed E-state index contributed by atoms with van der Waals surface area (Å²) in [7, 11) is 3.43. The molecule has 0 radical (unpaired) electrons. The molecular formula is C18H23N5O2. The van der Waals surface area contributed by atoms with Gasteiger partial charge in [0.15, 0.2) is 11.2 Å². The van der Waals surface area contributed by atoms with Gasteiger partial charge in [0.2, 0.25) is 5.95 Å². The van der Waals surface area contributed by atoms with Crippen molar-refractivity contribution in [1.82, 2.24) is 18.7 Å². The smallest absolute Gasteiger partial charge is 0.332 e. The Morgan fingerprint density at radius 3 is 2.40 bits per heavy atom. The molecule has 7 nitrogen and oxygen atoms in total. The lowest BCUT2D eigenvalue weighted by molar-refractivity contribution is 0.655.